The van der Waals surface area contributed by atoms with Crippen LogP contribution in [0.5, 0.6) is 0 Å². The first-order valence-electron chi connectivity index (χ1n) is 4.13. The highest BCUT2D eigenvalue weighted by Crippen LogP contribution is 2.22. The molecule has 0 unspecified atom stereocenters. The van der Waals surface area contributed by atoms with Crippen LogP contribution in [0.4, 0.5) is 0 Å². The first-order chi connectivity index (χ1) is 6.97. The molecular weight excluding hydrogens is 204 g/mol. The van der Waals surface area contributed by atoms with Gasteiger partial charge in [-0.2, -0.15) is 0 Å². The Morgan fingerprint density at radius 3 is 2.60 bits per heavy atom. The first kappa shape index (κ1) is 11.3. The number of nitrogens with one attached hydrogen (secondary N) is 1. The summed E-state index contributed by atoms with van der Waals surface area (Å²) in [5.41, 5.74) is 5.29. The summed E-state index contributed by atoms with van der Waals surface area (Å²) in [6, 6.07) is 0. The topological polar surface area (TPSA) is 125 Å². The van der Waals surface area contributed by atoms with Gasteiger partial charge in [-0.25, -0.2) is 0 Å². The normalized spacial score (nSPS) is 21.4. The van der Waals surface area contributed by atoms with Crippen molar-refractivity contribution < 1.29 is 24.9 Å². The van der Waals surface area contributed by atoms with E-state index in [0.717, 1.165) is 0 Å². The van der Waals surface area contributed by atoms with Crippen molar-refractivity contribution in [2.75, 3.05) is 6.61 Å². The van der Waals surface area contributed by atoms with Gasteiger partial charge >= 0.3 is 0 Å². The second-order valence-corrected chi connectivity index (χ2v) is 2.91. The second kappa shape index (κ2) is 4.20. The van der Waals surface area contributed by atoms with E-state index in [1.165, 1.54) is 6.92 Å². The van der Waals surface area contributed by atoms with Gasteiger partial charge in [0.05, 0.1) is 0 Å². The molecule has 6 N–H and O–H groups in total. The Hall–Kier alpha value is -1.73. The van der Waals surface area contributed by atoms with Crippen LogP contribution < -0.4 is 11.1 Å². The fraction of sp³-hybridized carbons (Fsp3) is 0.375. The fourth-order valence-electron chi connectivity index (χ4n) is 1.09. The van der Waals surface area contributed by atoms with Gasteiger partial charge in [-0.3, -0.25) is 10.5 Å². The summed E-state index contributed by atoms with van der Waals surface area (Å²) in [4.78, 5) is 10.7. The van der Waals surface area contributed by atoms with Gasteiger partial charge in [0.15, 0.2) is 17.7 Å². The van der Waals surface area contributed by atoms with Crippen LogP contribution in [-0.2, 0) is 9.53 Å². The second-order valence-electron chi connectivity index (χ2n) is 2.91. The van der Waals surface area contributed by atoms with Crippen LogP contribution in [0.2, 0.25) is 0 Å². The number of rotatable bonds is 2. The highest BCUT2D eigenvalue weighted by Gasteiger charge is 2.28. The van der Waals surface area contributed by atoms with Crippen LogP contribution in [0, 0.1) is 0 Å². The smallest absolute Gasteiger partial charge is 0.221 e. The number of hydrogen-bond acceptors (Lipinski definition) is 6. The number of aliphatic hydroxyl groups excluding tert-OH is 3. The summed E-state index contributed by atoms with van der Waals surface area (Å²) < 4.78 is 4.86. The number of ether oxygens (including phenoxy) is 1. The van der Waals surface area contributed by atoms with Crippen LogP contribution in [-0.4, -0.2) is 34.1 Å². The Bertz CT molecular complexity index is 347. The molecule has 15 heavy (non-hydrogen) atoms. The Kier molecular flexibility index (Phi) is 3.17. The Morgan fingerprint density at radius 2 is 2.13 bits per heavy atom. The lowest BCUT2D eigenvalue weighted by Gasteiger charge is -2.25. The molecule has 7 heteroatoms. The molecule has 0 bridgehead atoms. The SMILES string of the molecule is CC(=O)NC1=C(O)C(O)=C(CO)O[C@H]1N. The average Bonchev–Trinajstić information content (AvgIpc) is 2.18. The minimum absolute atomic E-state index is 0.141. The van der Waals surface area contributed by atoms with E-state index in [-0.39, 0.29) is 11.5 Å². The third-order valence-electron chi connectivity index (χ3n) is 1.75. The first-order valence-corrected chi connectivity index (χ1v) is 4.13. The van der Waals surface area contributed by atoms with Gasteiger partial charge in [0.25, 0.3) is 0 Å². The standard InChI is InChI=1S/C8H12N2O5/c1-3(12)10-5-7(14)6(13)4(2-11)15-8(5)9/h8,11,13-14H,2,9H2,1H3,(H,10,12)/t8-/m1/s1. The molecule has 1 heterocycles. The Morgan fingerprint density at radius 1 is 1.53 bits per heavy atom. The number of nitrogens with two attached hydrogens (primary N) is 1. The molecule has 0 saturated carbocycles. The third-order valence-corrected chi connectivity index (χ3v) is 1.75. The predicted octanol–water partition coefficient (Wildman–Crippen LogP) is -1.03. The average molecular weight is 216 g/mol. The molecule has 0 fully saturated rings. The fourth-order valence-corrected chi connectivity index (χ4v) is 1.09. The molecule has 1 rings (SSSR count). The molecule has 0 aromatic carbocycles. The van der Waals surface area contributed by atoms with Crippen molar-refractivity contribution in [2.45, 2.75) is 13.2 Å². The highest BCUT2D eigenvalue weighted by atomic mass is 16.5. The summed E-state index contributed by atoms with van der Waals surface area (Å²) in [6.45, 7) is 0.617. The zero-order chi connectivity index (χ0) is 11.6. The number of amides is 1. The van der Waals surface area contributed by atoms with Gasteiger partial charge in [-0.1, -0.05) is 0 Å². The van der Waals surface area contributed by atoms with E-state index in [0.29, 0.717) is 0 Å². The van der Waals surface area contributed by atoms with Crippen molar-refractivity contribution in [3.63, 3.8) is 0 Å². The zero-order valence-electron chi connectivity index (χ0n) is 8.02. The largest absolute Gasteiger partial charge is 0.503 e. The third kappa shape index (κ3) is 2.20. The van der Waals surface area contributed by atoms with Gasteiger partial charge in [0, 0.05) is 6.92 Å². The van der Waals surface area contributed by atoms with Crippen molar-refractivity contribution >= 4 is 5.91 Å². The Balaban J connectivity index is 3.07. The van der Waals surface area contributed by atoms with E-state index in [1.54, 1.807) is 0 Å². The minimum Gasteiger partial charge on any atom is -0.503 e. The molecule has 1 aliphatic rings. The van der Waals surface area contributed by atoms with Crippen molar-refractivity contribution in [1.82, 2.24) is 5.32 Å². The highest BCUT2D eigenvalue weighted by molar-refractivity contribution is 5.75. The minimum atomic E-state index is -1.13. The monoisotopic (exact) mass is 216 g/mol. The van der Waals surface area contributed by atoms with Crippen molar-refractivity contribution in [3.05, 3.63) is 23.0 Å². The van der Waals surface area contributed by atoms with E-state index in [4.69, 9.17) is 15.6 Å². The van der Waals surface area contributed by atoms with Crippen LogP contribution in [0.15, 0.2) is 23.0 Å². The number of carbonyl (C=O) groups excluding carboxylic acids is 1. The predicted molar refractivity (Wildman–Crippen MR) is 49.3 cm³/mol. The molecule has 0 aromatic rings. The van der Waals surface area contributed by atoms with Gasteiger partial charge < -0.3 is 25.4 Å². The molecule has 1 atom stereocenters. The molecular formula is C8H12N2O5. The molecule has 1 amide bonds. The molecule has 84 valence electrons. The summed E-state index contributed by atoms with van der Waals surface area (Å²) >= 11 is 0. The van der Waals surface area contributed by atoms with Crippen LogP contribution in [0.25, 0.3) is 0 Å². The molecule has 0 saturated heterocycles. The quantitative estimate of drug-likeness (QED) is 0.402. The molecule has 0 aliphatic carbocycles. The lowest BCUT2D eigenvalue weighted by molar-refractivity contribution is -0.118. The van der Waals surface area contributed by atoms with Crippen LogP contribution in [0.3, 0.4) is 0 Å². The van der Waals surface area contributed by atoms with Crippen molar-refractivity contribution in [1.29, 1.82) is 0 Å². The summed E-state index contributed by atoms with van der Waals surface area (Å²) in [7, 11) is 0. The van der Waals surface area contributed by atoms with E-state index in [1.807, 2.05) is 0 Å². The Labute approximate surface area is 85.5 Å². The van der Waals surface area contributed by atoms with Crippen molar-refractivity contribution in [2.24, 2.45) is 5.73 Å². The van der Waals surface area contributed by atoms with Gasteiger partial charge in [-0.05, 0) is 0 Å². The van der Waals surface area contributed by atoms with Crippen molar-refractivity contribution in [3.8, 4) is 0 Å². The summed E-state index contributed by atoms with van der Waals surface area (Å²) in [5.74, 6) is -1.94. The summed E-state index contributed by atoms with van der Waals surface area (Å²) in [5, 5.41) is 29.7. The van der Waals surface area contributed by atoms with E-state index in [9.17, 15) is 15.0 Å². The van der Waals surface area contributed by atoms with Crippen LogP contribution in [0.1, 0.15) is 6.92 Å². The van der Waals surface area contributed by atoms with E-state index in [2.05, 4.69) is 5.32 Å². The lowest BCUT2D eigenvalue weighted by atomic mass is 10.2. The van der Waals surface area contributed by atoms with Gasteiger partial charge in [0.2, 0.25) is 11.7 Å². The van der Waals surface area contributed by atoms with Crippen LogP contribution >= 0.6 is 0 Å². The summed E-state index contributed by atoms with van der Waals surface area (Å²) in [6.07, 6.45) is -1.13. The molecule has 7 nitrogen and oxygen atoms in total. The molecule has 0 radical (unpaired) electrons. The van der Waals surface area contributed by atoms with Gasteiger partial charge in [0.1, 0.15) is 12.3 Å². The molecule has 0 aromatic heterocycles. The van der Waals surface area contributed by atoms with Gasteiger partial charge in [-0.15, -0.1) is 0 Å². The maximum atomic E-state index is 10.7. The van der Waals surface area contributed by atoms with E-state index < -0.39 is 30.3 Å². The molecule has 1 aliphatic heterocycles. The number of aliphatic hydroxyl groups is 3. The lowest BCUT2D eigenvalue weighted by Crippen LogP contribution is -2.40. The number of carbonyl (C=O) groups is 1. The maximum absolute atomic E-state index is 10.7. The number of hydrogen-bond donors (Lipinski definition) is 5. The maximum Gasteiger partial charge on any atom is 0.221 e. The van der Waals surface area contributed by atoms with E-state index >= 15 is 0 Å². The molecule has 0 spiro atoms. The zero-order valence-corrected chi connectivity index (χ0v) is 8.02.